The zero-order chi connectivity index (χ0) is 14.5. The molecule has 0 fully saturated rings. The lowest BCUT2D eigenvalue weighted by molar-refractivity contribution is 0.0267. The van der Waals surface area contributed by atoms with Gasteiger partial charge < -0.3 is 20.3 Å². The fourth-order valence-corrected chi connectivity index (χ4v) is 1.85. The van der Waals surface area contributed by atoms with Crippen molar-refractivity contribution in [2.24, 2.45) is 5.92 Å². The quantitative estimate of drug-likeness (QED) is 0.720. The maximum absolute atomic E-state index is 11.6. The molecule has 1 unspecified atom stereocenters. The first kappa shape index (κ1) is 15.7. The number of nitrogens with one attached hydrogen (secondary N) is 1. The summed E-state index contributed by atoms with van der Waals surface area (Å²) in [6.45, 7) is 4.93. The van der Waals surface area contributed by atoms with Crippen LogP contribution in [0.4, 0.5) is 4.79 Å². The largest absolute Gasteiger partial charge is 0.444 e. The maximum atomic E-state index is 11.6. The minimum Gasteiger partial charge on any atom is -0.444 e. The van der Waals surface area contributed by atoms with E-state index in [2.05, 4.69) is 5.32 Å². The van der Waals surface area contributed by atoms with Crippen molar-refractivity contribution in [1.29, 1.82) is 0 Å². The predicted molar refractivity (Wildman–Crippen MR) is 72.6 cm³/mol. The molecular formula is C14H23NO4. The average Bonchev–Trinajstić information content (AvgIpc) is 2.34. The summed E-state index contributed by atoms with van der Waals surface area (Å²) in [6, 6.07) is -0.740. The molecule has 0 aromatic carbocycles. The number of allylic oxidation sites excluding steroid dienone is 3. The van der Waals surface area contributed by atoms with Crippen LogP contribution in [-0.4, -0.2) is 40.7 Å². The normalized spacial score (nSPS) is 21.8. The lowest BCUT2D eigenvalue weighted by Gasteiger charge is -2.29. The summed E-state index contributed by atoms with van der Waals surface area (Å²) in [4.78, 5) is 11.6. The molecule has 5 heteroatoms. The van der Waals surface area contributed by atoms with Crippen LogP contribution in [0.1, 0.15) is 27.2 Å². The fraction of sp³-hybridized carbons (Fsp3) is 0.643. The Labute approximate surface area is 114 Å². The van der Waals surface area contributed by atoms with Gasteiger partial charge in [0.2, 0.25) is 0 Å². The predicted octanol–water partition coefficient (Wildman–Crippen LogP) is 1.37. The van der Waals surface area contributed by atoms with Crippen LogP contribution in [-0.2, 0) is 4.74 Å². The minimum atomic E-state index is -0.848. The first-order valence-corrected chi connectivity index (χ1v) is 6.45. The standard InChI is InChI=1S/C14H23NO4/c1-14(2,3)19-13(18)15-11(9-16)12(17)10-7-5-4-6-8-10/h4-7,10-12,16-17H,8-9H2,1-3H3,(H,15,18)/t10?,11-,12-/m1/s1. The summed E-state index contributed by atoms with van der Waals surface area (Å²) >= 11 is 0. The van der Waals surface area contributed by atoms with E-state index in [0.717, 1.165) is 0 Å². The summed E-state index contributed by atoms with van der Waals surface area (Å²) in [5.74, 6) is -0.114. The molecule has 3 N–H and O–H groups in total. The Balaban J connectivity index is 2.55. The number of carbonyl (C=O) groups is 1. The van der Waals surface area contributed by atoms with Crippen molar-refractivity contribution >= 4 is 6.09 Å². The van der Waals surface area contributed by atoms with Crippen LogP contribution in [0.5, 0.6) is 0 Å². The number of carbonyl (C=O) groups excluding carboxylic acids is 1. The van der Waals surface area contributed by atoms with E-state index in [1.807, 2.05) is 24.3 Å². The second-order valence-corrected chi connectivity index (χ2v) is 5.64. The fourth-order valence-electron chi connectivity index (χ4n) is 1.85. The zero-order valence-corrected chi connectivity index (χ0v) is 11.7. The van der Waals surface area contributed by atoms with Crippen molar-refractivity contribution in [3.63, 3.8) is 0 Å². The van der Waals surface area contributed by atoms with Crippen LogP contribution in [0, 0.1) is 5.92 Å². The van der Waals surface area contributed by atoms with Crippen LogP contribution < -0.4 is 5.32 Å². The first-order valence-electron chi connectivity index (χ1n) is 6.45. The number of aliphatic hydroxyl groups excluding tert-OH is 2. The molecular weight excluding hydrogens is 246 g/mol. The van der Waals surface area contributed by atoms with Gasteiger partial charge in [-0.2, -0.15) is 0 Å². The summed E-state index contributed by atoms with van der Waals surface area (Å²) in [5, 5.41) is 22.0. The van der Waals surface area contributed by atoms with Crippen LogP contribution >= 0.6 is 0 Å². The Hall–Kier alpha value is -1.33. The number of hydrogen-bond acceptors (Lipinski definition) is 4. The van der Waals surface area contributed by atoms with Crippen LogP contribution in [0.25, 0.3) is 0 Å². The Morgan fingerprint density at radius 1 is 1.47 bits per heavy atom. The summed E-state index contributed by atoms with van der Waals surface area (Å²) in [6.07, 6.45) is 6.75. The molecule has 1 rings (SSSR count). The lowest BCUT2D eigenvalue weighted by atomic mass is 9.90. The van der Waals surface area contributed by atoms with E-state index >= 15 is 0 Å². The third-order valence-electron chi connectivity index (χ3n) is 2.76. The number of rotatable bonds is 4. The van der Waals surface area contributed by atoms with E-state index < -0.39 is 23.8 Å². The molecule has 0 saturated carbocycles. The smallest absolute Gasteiger partial charge is 0.408 e. The number of aliphatic hydroxyl groups is 2. The number of alkyl carbamates (subject to hydrolysis) is 1. The van der Waals surface area contributed by atoms with Gasteiger partial charge in [-0.3, -0.25) is 0 Å². The summed E-state index contributed by atoms with van der Waals surface area (Å²) in [7, 11) is 0. The SMILES string of the molecule is CC(C)(C)OC(=O)N[C@H](CO)[C@H](O)C1C=CC=CC1. The summed E-state index contributed by atoms with van der Waals surface area (Å²) < 4.78 is 5.10. The zero-order valence-electron chi connectivity index (χ0n) is 11.7. The van der Waals surface area contributed by atoms with E-state index in [9.17, 15) is 15.0 Å². The molecule has 0 radical (unpaired) electrons. The van der Waals surface area contributed by atoms with Gasteiger partial charge in [-0.25, -0.2) is 4.79 Å². The third kappa shape index (κ3) is 5.44. The molecule has 1 aliphatic carbocycles. The molecule has 1 amide bonds. The van der Waals surface area contributed by atoms with Crippen LogP contribution in [0.2, 0.25) is 0 Å². The highest BCUT2D eigenvalue weighted by Crippen LogP contribution is 2.18. The molecule has 108 valence electrons. The van der Waals surface area contributed by atoms with Crippen LogP contribution in [0.15, 0.2) is 24.3 Å². The van der Waals surface area contributed by atoms with E-state index in [4.69, 9.17) is 4.74 Å². The van der Waals surface area contributed by atoms with Crippen molar-refractivity contribution in [2.75, 3.05) is 6.61 Å². The van der Waals surface area contributed by atoms with Crippen molar-refractivity contribution in [2.45, 2.75) is 44.9 Å². The molecule has 3 atom stereocenters. The highest BCUT2D eigenvalue weighted by molar-refractivity contribution is 5.68. The van der Waals surface area contributed by atoms with Gasteiger partial charge in [0.25, 0.3) is 0 Å². The summed E-state index contributed by atoms with van der Waals surface area (Å²) in [5.41, 5.74) is -0.609. The molecule has 0 aliphatic heterocycles. The van der Waals surface area contributed by atoms with E-state index in [-0.39, 0.29) is 12.5 Å². The average molecular weight is 269 g/mol. The lowest BCUT2D eigenvalue weighted by Crippen LogP contribution is -2.49. The number of amides is 1. The third-order valence-corrected chi connectivity index (χ3v) is 2.76. The number of hydrogen-bond donors (Lipinski definition) is 3. The van der Waals surface area contributed by atoms with Crippen molar-refractivity contribution in [3.05, 3.63) is 24.3 Å². The van der Waals surface area contributed by atoms with Gasteiger partial charge in [-0.1, -0.05) is 24.3 Å². The Morgan fingerprint density at radius 3 is 2.63 bits per heavy atom. The highest BCUT2D eigenvalue weighted by Gasteiger charge is 2.28. The van der Waals surface area contributed by atoms with E-state index in [1.54, 1.807) is 20.8 Å². The minimum absolute atomic E-state index is 0.114. The second-order valence-electron chi connectivity index (χ2n) is 5.64. The van der Waals surface area contributed by atoms with E-state index in [0.29, 0.717) is 6.42 Å². The topological polar surface area (TPSA) is 78.8 Å². The van der Waals surface area contributed by atoms with E-state index in [1.165, 1.54) is 0 Å². The van der Waals surface area contributed by atoms with Crippen LogP contribution in [0.3, 0.4) is 0 Å². The molecule has 0 aromatic heterocycles. The molecule has 5 nitrogen and oxygen atoms in total. The van der Waals surface area contributed by atoms with Gasteiger partial charge >= 0.3 is 6.09 Å². The van der Waals surface area contributed by atoms with Gasteiger partial charge in [0.1, 0.15) is 5.60 Å². The highest BCUT2D eigenvalue weighted by atomic mass is 16.6. The van der Waals surface area contributed by atoms with Crippen molar-refractivity contribution < 1.29 is 19.7 Å². The molecule has 0 saturated heterocycles. The van der Waals surface area contributed by atoms with Gasteiger partial charge in [0, 0.05) is 5.92 Å². The Morgan fingerprint density at radius 2 is 2.16 bits per heavy atom. The molecule has 0 spiro atoms. The van der Waals surface area contributed by atoms with Gasteiger partial charge in [0.15, 0.2) is 0 Å². The second kappa shape index (κ2) is 6.73. The molecule has 0 bridgehead atoms. The molecule has 0 aromatic rings. The van der Waals surface area contributed by atoms with Gasteiger partial charge in [-0.05, 0) is 27.2 Å². The molecule has 1 aliphatic rings. The molecule has 19 heavy (non-hydrogen) atoms. The van der Waals surface area contributed by atoms with Crippen molar-refractivity contribution in [1.82, 2.24) is 5.32 Å². The molecule has 0 heterocycles. The number of ether oxygens (including phenoxy) is 1. The van der Waals surface area contributed by atoms with Gasteiger partial charge in [0.05, 0.1) is 18.8 Å². The van der Waals surface area contributed by atoms with Crippen molar-refractivity contribution in [3.8, 4) is 0 Å². The Bertz CT molecular complexity index is 357. The maximum Gasteiger partial charge on any atom is 0.408 e. The monoisotopic (exact) mass is 269 g/mol. The Kier molecular flexibility index (Phi) is 5.57. The van der Waals surface area contributed by atoms with Gasteiger partial charge in [-0.15, -0.1) is 0 Å². The first-order chi connectivity index (χ1) is 8.83.